The number of aryl methyl sites for hydroxylation is 1. The van der Waals surface area contributed by atoms with E-state index in [1.807, 2.05) is 0 Å². The van der Waals surface area contributed by atoms with Gasteiger partial charge in [0.15, 0.2) is 11.9 Å². The number of hydrogen-bond acceptors (Lipinski definition) is 7. The first-order chi connectivity index (χ1) is 14.5. The number of carbonyl (C=O) groups is 3. The molecule has 2 aromatic rings. The highest BCUT2D eigenvalue weighted by Gasteiger charge is 2.43. The van der Waals surface area contributed by atoms with E-state index in [4.69, 9.17) is 9.47 Å². The molecule has 1 saturated heterocycles. The number of halogens is 3. The van der Waals surface area contributed by atoms with Crippen LogP contribution in [0.15, 0.2) is 24.4 Å². The molecule has 1 aliphatic rings. The predicted molar refractivity (Wildman–Crippen MR) is 96.4 cm³/mol. The maximum absolute atomic E-state index is 13.0. The van der Waals surface area contributed by atoms with Crippen molar-refractivity contribution in [3.63, 3.8) is 0 Å². The van der Waals surface area contributed by atoms with Crippen molar-refractivity contribution in [1.82, 2.24) is 14.8 Å². The first-order valence-corrected chi connectivity index (χ1v) is 8.92. The number of carbonyl (C=O) groups excluding carboxylic acids is 2. The molecule has 166 valence electrons. The number of amides is 1. The second-order valence-electron chi connectivity index (χ2n) is 6.60. The molecule has 0 bridgehead atoms. The van der Waals surface area contributed by atoms with E-state index in [1.165, 1.54) is 16.8 Å². The molecule has 31 heavy (non-hydrogen) atoms. The van der Waals surface area contributed by atoms with Crippen molar-refractivity contribution < 1.29 is 42.1 Å². The van der Waals surface area contributed by atoms with Gasteiger partial charge in [-0.25, -0.2) is 9.48 Å². The molecule has 1 N–H and O–H groups in total. The number of aliphatic carboxylic acids is 1. The highest BCUT2D eigenvalue weighted by atomic mass is 19.4. The van der Waals surface area contributed by atoms with Crippen molar-refractivity contribution in [3.05, 3.63) is 35.8 Å². The van der Waals surface area contributed by atoms with Gasteiger partial charge in [-0.15, -0.1) is 5.10 Å². The number of morpholine rings is 1. The van der Waals surface area contributed by atoms with E-state index in [9.17, 15) is 32.7 Å². The lowest BCUT2D eigenvalue weighted by molar-refractivity contribution is -0.177. The van der Waals surface area contributed by atoms with Gasteiger partial charge in [-0.1, -0.05) is 0 Å². The van der Waals surface area contributed by atoms with Crippen LogP contribution in [-0.2, 0) is 30.0 Å². The van der Waals surface area contributed by atoms with Gasteiger partial charge in [-0.3, -0.25) is 19.5 Å². The fourth-order valence-corrected chi connectivity index (χ4v) is 3.03. The average Bonchev–Trinajstić information content (AvgIpc) is 3.07. The van der Waals surface area contributed by atoms with Gasteiger partial charge in [0, 0.05) is 24.9 Å². The van der Waals surface area contributed by atoms with Crippen LogP contribution in [0.3, 0.4) is 0 Å². The molecule has 0 saturated carbocycles. The summed E-state index contributed by atoms with van der Waals surface area (Å²) in [6.45, 7) is 2.52. The number of aromatic nitrogens is 3. The number of anilines is 1. The molecular formula is C18H17F3N4O6. The van der Waals surface area contributed by atoms with Crippen LogP contribution in [0.2, 0.25) is 0 Å². The second kappa shape index (κ2) is 8.34. The number of carboxylic acid groups (broad SMARTS) is 1. The molecular weight excluding hydrogens is 425 g/mol. The maximum Gasteiger partial charge on any atom is 0.433 e. The number of carboxylic acids is 1. The molecule has 13 heteroatoms. The first-order valence-electron chi connectivity index (χ1n) is 8.92. The minimum Gasteiger partial charge on any atom is -0.478 e. The largest absolute Gasteiger partial charge is 0.478 e. The summed E-state index contributed by atoms with van der Waals surface area (Å²) in [7, 11) is 0. The van der Waals surface area contributed by atoms with Gasteiger partial charge in [0.2, 0.25) is 6.10 Å². The van der Waals surface area contributed by atoms with Crippen LogP contribution in [0.1, 0.15) is 18.3 Å². The molecule has 1 unspecified atom stereocenters. The zero-order valence-electron chi connectivity index (χ0n) is 16.3. The van der Waals surface area contributed by atoms with E-state index >= 15 is 0 Å². The Morgan fingerprint density at radius 3 is 2.68 bits per heavy atom. The molecule has 1 amide bonds. The summed E-state index contributed by atoms with van der Waals surface area (Å²) in [6.07, 6.45) is -7.11. The first kappa shape index (κ1) is 22.2. The van der Waals surface area contributed by atoms with Crippen LogP contribution in [-0.4, -0.2) is 63.1 Å². The maximum atomic E-state index is 13.0. The number of rotatable bonds is 5. The number of alkyl halides is 3. The highest BCUT2D eigenvalue weighted by Crippen LogP contribution is 2.29. The Hall–Kier alpha value is -3.48. The van der Waals surface area contributed by atoms with E-state index in [-0.39, 0.29) is 24.7 Å². The zero-order valence-corrected chi connectivity index (χ0v) is 16.3. The van der Waals surface area contributed by atoms with Crippen LogP contribution in [0.5, 0.6) is 0 Å². The van der Waals surface area contributed by atoms with Gasteiger partial charge >= 0.3 is 18.1 Å². The summed E-state index contributed by atoms with van der Waals surface area (Å²) in [5.41, 5.74) is -0.610. The predicted octanol–water partition coefficient (Wildman–Crippen LogP) is 1.34. The molecule has 0 aromatic carbocycles. The Morgan fingerprint density at radius 1 is 1.35 bits per heavy atom. The fourth-order valence-electron chi connectivity index (χ4n) is 3.03. The Balaban J connectivity index is 1.91. The van der Waals surface area contributed by atoms with Gasteiger partial charge in [0.1, 0.15) is 5.69 Å². The quantitative estimate of drug-likeness (QED) is 0.688. The SMILES string of the molecule is CC(=O)OC(C(=O)O)[C@H]1OCCN(c2cc(C)n(-c3ccnc(C(F)(F)F)c3)n2)C1=O. The summed E-state index contributed by atoms with van der Waals surface area (Å²) in [5.74, 6) is -3.20. The standard InChI is InChI=1S/C18H17F3N4O6/c1-9-7-13(23-25(9)11-3-4-22-12(8-11)18(19,20)21)24-5-6-30-14(16(24)27)15(17(28)29)31-10(2)26/h3-4,7-8,14-15H,5-6H2,1-2H3,(H,28,29)/t14-,15?/m1/s1. The number of ether oxygens (including phenoxy) is 2. The van der Waals surface area contributed by atoms with Gasteiger partial charge in [-0.05, 0) is 19.1 Å². The Bertz CT molecular complexity index is 1020. The fraction of sp³-hybridized carbons (Fsp3) is 0.389. The highest BCUT2D eigenvalue weighted by molar-refractivity contribution is 6.00. The van der Waals surface area contributed by atoms with E-state index in [0.717, 1.165) is 24.1 Å². The minimum absolute atomic E-state index is 0.0162. The third kappa shape index (κ3) is 4.66. The van der Waals surface area contributed by atoms with E-state index < -0.39 is 41.9 Å². The van der Waals surface area contributed by atoms with Gasteiger partial charge < -0.3 is 14.6 Å². The molecule has 1 fully saturated rings. The topological polar surface area (TPSA) is 124 Å². The van der Waals surface area contributed by atoms with Crippen molar-refractivity contribution in [1.29, 1.82) is 0 Å². The number of nitrogens with zero attached hydrogens (tertiary/aromatic N) is 4. The molecule has 0 radical (unpaired) electrons. The number of esters is 1. The molecule has 3 rings (SSSR count). The molecule has 0 aliphatic carbocycles. The van der Waals surface area contributed by atoms with Crippen molar-refractivity contribution in [3.8, 4) is 5.69 Å². The lowest BCUT2D eigenvalue weighted by Crippen LogP contribution is -2.55. The average molecular weight is 442 g/mol. The molecule has 10 nitrogen and oxygen atoms in total. The van der Waals surface area contributed by atoms with E-state index in [2.05, 4.69) is 10.1 Å². The van der Waals surface area contributed by atoms with Gasteiger partial charge in [-0.2, -0.15) is 13.2 Å². The van der Waals surface area contributed by atoms with Crippen LogP contribution >= 0.6 is 0 Å². The summed E-state index contributed by atoms with van der Waals surface area (Å²) >= 11 is 0. The molecule has 2 atom stereocenters. The zero-order chi connectivity index (χ0) is 22.9. The normalized spacial score (nSPS) is 18.0. The summed E-state index contributed by atoms with van der Waals surface area (Å²) in [6, 6.07) is 3.59. The molecule has 1 aliphatic heterocycles. The van der Waals surface area contributed by atoms with Crippen molar-refractivity contribution in [2.24, 2.45) is 0 Å². The summed E-state index contributed by atoms with van der Waals surface area (Å²) in [5, 5.41) is 13.5. The number of pyridine rings is 1. The minimum atomic E-state index is -4.64. The Morgan fingerprint density at radius 2 is 2.06 bits per heavy atom. The van der Waals surface area contributed by atoms with E-state index in [0.29, 0.717) is 5.69 Å². The Kier molecular flexibility index (Phi) is 5.97. The smallest absolute Gasteiger partial charge is 0.433 e. The second-order valence-corrected chi connectivity index (χ2v) is 6.60. The number of hydrogen-bond donors (Lipinski definition) is 1. The monoisotopic (exact) mass is 442 g/mol. The summed E-state index contributed by atoms with van der Waals surface area (Å²) < 4.78 is 50.0. The summed E-state index contributed by atoms with van der Waals surface area (Å²) in [4.78, 5) is 39.9. The lowest BCUT2D eigenvalue weighted by atomic mass is 10.1. The van der Waals surface area contributed by atoms with Crippen LogP contribution < -0.4 is 4.90 Å². The van der Waals surface area contributed by atoms with Crippen LogP contribution in [0, 0.1) is 6.92 Å². The van der Waals surface area contributed by atoms with Crippen LogP contribution in [0.25, 0.3) is 5.69 Å². The van der Waals surface area contributed by atoms with Gasteiger partial charge in [0.05, 0.1) is 18.8 Å². The molecule has 0 spiro atoms. The molecule has 3 heterocycles. The van der Waals surface area contributed by atoms with Crippen molar-refractivity contribution in [2.45, 2.75) is 32.2 Å². The third-order valence-electron chi connectivity index (χ3n) is 4.36. The molecule has 2 aromatic heterocycles. The lowest BCUT2D eigenvalue weighted by Gasteiger charge is -2.33. The van der Waals surface area contributed by atoms with E-state index in [1.54, 1.807) is 6.92 Å². The third-order valence-corrected chi connectivity index (χ3v) is 4.36. The Labute approximate surface area is 173 Å². The van der Waals surface area contributed by atoms with Gasteiger partial charge in [0.25, 0.3) is 5.91 Å². The van der Waals surface area contributed by atoms with Crippen LogP contribution in [0.4, 0.5) is 19.0 Å². The van der Waals surface area contributed by atoms with Crippen molar-refractivity contribution in [2.75, 3.05) is 18.1 Å². The van der Waals surface area contributed by atoms with Crippen molar-refractivity contribution >= 4 is 23.7 Å².